The van der Waals surface area contributed by atoms with Crippen LogP contribution in [-0.4, -0.2) is 51.9 Å². The van der Waals surface area contributed by atoms with Crippen LogP contribution in [-0.2, 0) is 19.4 Å². The summed E-state index contributed by atoms with van der Waals surface area (Å²) >= 11 is 1.87. The molecule has 0 aliphatic carbocycles. The second kappa shape index (κ2) is 15.5. The molecule has 1 heterocycles. The lowest BCUT2D eigenvalue weighted by atomic mass is 10.1. The van der Waals surface area contributed by atoms with Gasteiger partial charge < -0.3 is 15.2 Å². The number of aryl methyl sites for hydroxylation is 2. The Labute approximate surface area is 196 Å². The monoisotopic (exact) mass is 530 g/mol. The molecule has 2 rings (SSSR count). The number of guanidine groups is 1. The first-order valence-electron chi connectivity index (χ1n) is 10.2. The number of halogens is 1. The van der Waals surface area contributed by atoms with E-state index in [4.69, 9.17) is 4.99 Å². The summed E-state index contributed by atoms with van der Waals surface area (Å²) in [6, 6.07) is 11.0. The highest BCUT2D eigenvalue weighted by atomic mass is 127. The summed E-state index contributed by atoms with van der Waals surface area (Å²) in [5.41, 5.74) is 1.38. The van der Waals surface area contributed by atoms with E-state index in [2.05, 4.69) is 75.8 Å². The van der Waals surface area contributed by atoms with Gasteiger partial charge in [-0.25, -0.2) is 0 Å². The number of aromatic nitrogens is 3. The fourth-order valence-corrected chi connectivity index (χ4v) is 3.34. The predicted molar refractivity (Wildman–Crippen MR) is 135 cm³/mol. The molecule has 1 unspecified atom stereocenters. The van der Waals surface area contributed by atoms with Crippen LogP contribution < -0.4 is 10.6 Å². The van der Waals surface area contributed by atoms with Crippen molar-refractivity contribution in [3.63, 3.8) is 0 Å². The first-order chi connectivity index (χ1) is 13.7. The fourth-order valence-electron chi connectivity index (χ4n) is 2.92. The Morgan fingerprint density at radius 1 is 1.28 bits per heavy atom. The van der Waals surface area contributed by atoms with Crippen molar-refractivity contribution in [2.24, 2.45) is 4.99 Å². The van der Waals surface area contributed by atoms with Crippen LogP contribution in [0, 0.1) is 0 Å². The summed E-state index contributed by atoms with van der Waals surface area (Å²) in [7, 11) is 0. The van der Waals surface area contributed by atoms with Gasteiger partial charge in [0.2, 0.25) is 0 Å². The Morgan fingerprint density at radius 3 is 2.79 bits per heavy atom. The van der Waals surface area contributed by atoms with Crippen molar-refractivity contribution in [2.75, 3.05) is 25.1 Å². The van der Waals surface area contributed by atoms with Gasteiger partial charge in [0.15, 0.2) is 5.96 Å². The largest absolute Gasteiger partial charge is 0.355 e. The van der Waals surface area contributed by atoms with Gasteiger partial charge in [-0.15, -0.1) is 34.2 Å². The highest BCUT2D eigenvalue weighted by Gasteiger charge is 2.07. The fraction of sp³-hybridized carbons (Fsp3) is 0.571. The van der Waals surface area contributed by atoms with Crippen LogP contribution in [0.2, 0.25) is 0 Å². The normalized spacial score (nSPS) is 12.3. The molecule has 2 aromatic rings. The van der Waals surface area contributed by atoms with E-state index in [0.717, 1.165) is 62.9 Å². The molecule has 0 radical (unpaired) electrons. The van der Waals surface area contributed by atoms with Gasteiger partial charge in [0.05, 0.1) is 0 Å². The number of rotatable bonds is 12. The average Bonchev–Trinajstić information content (AvgIpc) is 3.18. The Morgan fingerprint density at radius 2 is 2.07 bits per heavy atom. The average molecular weight is 531 g/mol. The van der Waals surface area contributed by atoms with Crippen LogP contribution in [0.5, 0.6) is 0 Å². The molecule has 0 spiro atoms. The molecule has 1 aromatic carbocycles. The Bertz CT molecular complexity index is 691. The van der Waals surface area contributed by atoms with E-state index in [0.29, 0.717) is 6.04 Å². The first-order valence-corrected chi connectivity index (χ1v) is 11.6. The maximum Gasteiger partial charge on any atom is 0.191 e. The van der Waals surface area contributed by atoms with Crippen molar-refractivity contribution in [2.45, 2.75) is 52.1 Å². The van der Waals surface area contributed by atoms with Crippen molar-refractivity contribution >= 4 is 41.7 Å². The first kappa shape index (κ1) is 25.7. The topological polar surface area (TPSA) is 67.1 Å². The molecule has 0 bridgehead atoms. The van der Waals surface area contributed by atoms with E-state index in [9.17, 15) is 0 Å². The van der Waals surface area contributed by atoms with Crippen molar-refractivity contribution in [1.82, 2.24) is 25.4 Å². The summed E-state index contributed by atoms with van der Waals surface area (Å²) in [6.45, 7) is 6.79. The number of nitrogens with one attached hydrogen (secondary N) is 2. The van der Waals surface area contributed by atoms with Crippen LogP contribution in [0.3, 0.4) is 0 Å². The summed E-state index contributed by atoms with van der Waals surface area (Å²) in [4.78, 5) is 4.76. The standard InChI is InChI=1S/C21H34N6S.HI/c1-4-20-26-24-17-27(20)15-14-23-21(22-13-8-16-28-3)25-18(2)11-12-19-9-6-5-7-10-19;/h5-7,9-10,17-18H,4,8,11-16H2,1-3H3,(H2,22,23,25);1H. The lowest BCUT2D eigenvalue weighted by Gasteiger charge is -2.19. The Hall–Kier alpha value is -1.29. The van der Waals surface area contributed by atoms with E-state index in [-0.39, 0.29) is 24.0 Å². The Balaban J connectivity index is 0.00000420. The van der Waals surface area contributed by atoms with Gasteiger partial charge in [0.25, 0.3) is 0 Å². The van der Waals surface area contributed by atoms with E-state index in [1.54, 1.807) is 6.33 Å². The Kier molecular flexibility index (Phi) is 13.8. The predicted octanol–water partition coefficient (Wildman–Crippen LogP) is 3.77. The molecule has 0 saturated carbocycles. The molecule has 6 nitrogen and oxygen atoms in total. The number of benzene rings is 1. The lowest BCUT2D eigenvalue weighted by molar-refractivity contribution is 0.580. The third-order valence-electron chi connectivity index (χ3n) is 4.53. The number of aliphatic imine (C=N–C) groups is 1. The third-order valence-corrected chi connectivity index (χ3v) is 5.22. The number of thioether (sulfide) groups is 1. The van der Waals surface area contributed by atoms with Crippen LogP contribution in [0.15, 0.2) is 41.7 Å². The molecule has 0 aliphatic rings. The van der Waals surface area contributed by atoms with Crippen LogP contribution in [0.25, 0.3) is 0 Å². The minimum atomic E-state index is 0. The molecule has 29 heavy (non-hydrogen) atoms. The molecule has 1 aromatic heterocycles. The molecule has 8 heteroatoms. The summed E-state index contributed by atoms with van der Waals surface area (Å²) in [5, 5.41) is 15.2. The number of hydrogen-bond donors (Lipinski definition) is 2. The quantitative estimate of drug-likeness (QED) is 0.189. The second-order valence-corrected chi connectivity index (χ2v) is 7.85. The second-order valence-electron chi connectivity index (χ2n) is 6.87. The molecule has 2 N–H and O–H groups in total. The zero-order valence-electron chi connectivity index (χ0n) is 17.8. The molecule has 0 amide bonds. The molecular weight excluding hydrogens is 495 g/mol. The highest BCUT2D eigenvalue weighted by molar-refractivity contribution is 14.0. The van der Waals surface area contributed by atoms with Gasteiger partial charge in [-0.05, 0) is 43.8 Å². The zero-order valence-corrected chi connectivity index (χ0v) is 21.0. The molecule has 162 valence electrons. The van der Waals surface area contributed by atoms with Crippen molar-refractivity contribution in [3.05, 3.63) is 48.0 Å². The lowest BCUT2D eigenvalue weighted by Crippen LogP contribution is -2.43. The molecule has 0 saturated heterocycles. The third kappa shape index (κ3) is 10.3. The van der Waals surface area contributed by atoms with Gasteiger partial charge in [-0.2, -0.15) is 11.8 Å². The van der Waals surface area contributed by atoms with Gasteiger partial charge >= 0.3 is 0 Å². The number of hydrogen-bond acceptors (Lipinski definition) is 4. The molecule has 0 aliphatic heterocycles. The van der Waals surface area contributed by atoms with Gasteiger partial charge in [0.1, 0.15) is 12.2 Å². The summed E-state index contributed by atoms with van der Waals surface area (Å²) in [6.07, 6.45) is 8.06. The minimum Gasteiger partial charge on any atom is -0.355 e. The zero-order chi connectivity index (χ0) is 20.0. The smallest absolute Gasteiger partial charge is 0.191 e. The van der Waals surface area contributed by atoms with Crippen LogP contribution in [0.1, 0.15) is 38.1 Å². The molecule has 1 atom stereocenters. The molecule has 0 fully saturated rings. The summed E-state index contributed by atoms with van der Waals surface area (Å²) < 4.78 is 2.09. The van der Waals surface area contributed by atoms with Crippen molar-refractivity contribution < 1.29 is 0 Å². The van der Waals surface area contributed by atoms with E-state index in [1.807, 2.05) is 11.8 Å². The highest BCUT2D eigenvalue weighted by Crippen LogP contribution is 2.05. The maximum atomic E-state index is 4.76. The SMILES string of the molecule is CCc1nncn1CCNC(=NCCCSC)NC(C)CCc1ccccc1.I. The van der Waals surface area contributed by atoms with Gasteiger partial charge in [-0.1, -0.05) is 37.3 Å². The molecular formula is C21H35IN6S. The maximum absolute atomic E-state index is 4.76. The van der Waals surface area contributed by atoms with Gasteiger partial charge in [0, 0.05) is 32.1 Å². The van der Waals surface area contributed by atoms with Crippen molar-refractivity contribution in [1.29, 1.82) is 0 Å². The van der Waals surface area contributed by atoms with Crippen LogP contribution >= 0.6 is 35.7 Å². The minimum absolute atomic E-state index is 0. The number of nitrogens with zero attached hydrogens (tertiary/aromatic N) is 4. The van der Waals surface area contributed by atoms with E-state index < -0.39 is 0 Å². The van der Waals surface area contributed by atoms with Gasteiger partial charge in [-0.3, -0.25) is 4.99 Å². The van der Waals surface area contributed by atoms with E-state index >= 15 is 0 Å². The van der Waals surface area contributed by atoms with Crippen molar-refractivity contribution in [3.8, 4) is 0 Å². The van der Waals surface area contributed by atoms with Crippen LogP contribution in [0.4, 0.5) is 0 Å². The summed E-state index contributed by atoms with van der Waals surface area (Å²) in [5.74, 6) is 3.05. The van der Waals surface area contributed by atoms with E-state index in [1.165, 1.54) is 5.56 Å².